The Labute approximate surface area is 247 Å². The molecule has 1 saturated heterocycles. The molecule has 0 radical (unpaired) electrons. The molecule has 3 heterocycles. The minimum Gasteiger partial charge on any atom is -0.465 e. The summed E-state index contributed by atoms with van der Waals surface area (Å²) in [6.07, 6.45) is -2.31. The van der Waals surface area contributed by atoms with Crippen molar-refractivity contribution < 1.29 is 46.9 Å². The van der Waals surface area contributed by atoms with Gasteiger partial charge in [-0.3, -0.25) is 18.9 Å². The van der Waals surface area contributed by atoms with Crippen LogP contribution in [0.1, 0.15) is 40.3 Å². The number of nitrogens with two attached hydrogens (primary N) is 1. The van der Waals surface area contributed by atoms with Gasteiger partial charge in [-0.1, -0.05) is 18.2 Å². The summed E-state index contributed by atoms with van der Waals surface area (Å²) < 4.78 is 49.6. The van der Waals surface area contributed by atoms with Crippen LogP contribution in [0.4, 0.5) is 5.82 Å². The number of ether oxygens (including phenoxy) is 4. The second-order valence-corrected chi connectivity index (χ2v) is 11.5. The number of benzene rings is 1. The zero-order valence-electron chi connectivity index (χ0n) is 24.3. The lowest BCUT2D eigenvalue weighted by Gasteiger charge is -2.30. The maximum absolute atomic E-state index is 14.0. The van der Waals surface area contributed by atoms with E-state index in [2.05, 4.69) is 15.2 Å². The average molecular weight is 620 g/mol. The van der Waals surface area contributed by atoms with Crippen LogP contribution in [0.25, 0.3) is 5.52 Å². The van der Waals surface area contributed by atoms with E-state index in [1.54, 1.807) is 56.3 Å². The number of anilines is 1. The molecule has 1 fully saturated rings. The normalized spacial score (nSPS) is 23.7. The third kappa shape index (κ3) is 7.13. The van der Waals surface area contributed by atoms with Gasteiger partial charge in [-0.2, -0.15) is 10.2 Å². The van der Waals surface area contributed by atoms with E-state index in [0.29, 0.717) is 11.2 Å². The summed E-state index contributed by atoms with van der Waals surface area (Å²) >= 11 is 0. The predicted octanol–water partition coefficient (Wildman–Crippen LogP) is 2.53. The highest BCUT2D eigenvalue weighted by Gasteiger charge is 2.59. The Bertz CT molecular complexity index is 1520. The van der Waals surface area contributed by atoms with Crippen molar-refractivity contribution in [3.63, 3.8) is 0 Å². The number of rotatable bonds is 12. The van der Waals surface area contributed by atoms with E-state index < -0.39 is 62.2 Å². The molecule has 0 aliphatic carbocycles. The van der Waals surface area contributed by atoms with Crippen molar-refractivity contribution in [1.29, 1.82) is 0 Å². The summed E-state index contributed by atoms with van der Waals surface area (Å²) in [5.74, 6) is -1.65. The second-order valence-electron chi connectivity index (χ2n) is 9.83. The number of hydrogen-bond donors (Lipinski definition) is 2. The van der Waals surface area contributed by atoms with Gasteiger partial charge in [0, 0.05) is 13.8 Å². The third-order valence-corrected chi connectivity index (χ3v) is 8.20. The smallest absolute Gasteiger partial charge is 0.459 e. The Kier molecular flexibility index (Phi) is 9.70. The molecular formula is C27H34N5O10P. The number of hydrogen-bond acceptors (Lipinski definition) is 13. The first kappa shape index (κ1) is 31.9. The maximum Gasteiger partial charge on any atom is 0.459 e. The van der Waals surface area contributed by atoms with Crippen LogP contribution in [-0.2, 0) is 48.0 Å². The Hall–Kier alpha value is -4.04. The molecule has 16 heteroatoms. The Morgan fingerprint density at radius 1 is 1.14 bits per heavy atom. The van der Waals surface area contributed by atoms with Crippen molar-refractivity contribution in [3.8, 4) is 5.75 Å². The molecule has 3 N–H and O–H groups in total. The molecule has 15 nitrogen and oxygen atoms in total. The summed E-state index contributed by atoms with van der Waals surface area (Å²) in [5, 5.41) is 6.84. The summed E-state index contributed by atoms with van der Waals surface area (Å²) in [7, 11) is -4.30. The summed E-state index contributed by atoms with van der Waals surface area (Å²) in [6.45, 7) is 6.71. The first-order valence-corrected chi connectivity index (χ1v) is 15.0. The van der Waals surface area contributed by atoms with Gasteiger partial charge in [0.1, 0.15) is 35.3 Å². The lowest BCUT2D eigenvalue weighted by molar-refractivity contribution is -0.168. The Morgan fingerprint density at radius 2 is 1.84 bits per heavy atom. The molecule has 0 unspecified atom stereocenters. The highest BCUT2D eigenvalue weighted by molar-refractivity contribution is 7.52. The van der Waals surface area contributed by atoms with E-state index in [1.165, 1.54) is 31.6 Å². The molecule has 0 spiro atoms. The van der Waals surface area contributed by atoms with Crippen molar-refractivity contribution in [2.24, 2.45) is 0 Å². The monoisotopic (exact) mass is 619 g/mol. The molecular weight excluding hydrogens is 585 g/mol. The topological polar surface area (TPSA) is 192 Å². The number of fused-ring (bicyclic) bond motifs is 1. The fraction of sp³-hybridized carbons (Fsp3) is 0.444. The van der Waals surface area contributed by atoms with Gasteiger partial charge in [0.05, 0.1) is 18.9 Å². The van der Waals surface area contributed by atoms with E-state index in [1.807, 2.05) is 0 Å². The van der Waals surface area contributed by atoms with Crippen LogP contribution in [0.5, 0.6) is 5.75 Å². The maximum atomic E-state index is 14.0. The molecule has 0 bridgehead atoms. The number of nitrogens with one attached hydrogen (secondary N) is 1. The van der Waals surface area contributed by atoms with Crippen molar-refractivity contribution in [1.82, 2.24) is 19.7 Å². The molecule has 1 aliphatic rings. The van der Waals surface area contributed by atoms with Crippen LogP contribution < -0.4 is 15.3 Å². The van der Waals surface area contributed by atoms with Gasteiger partial charge >= 0.3 is 25.7 Å². The van der Waals surface area contributed by atoms with Crippen LogP contribution in [-0.4, -0.2) is 70.1 Å². The van der Waals surface area contributed by atoms with Crippen molar-refractivity contribution >= 4 is 37.0 Å². The van der Waals surface area contributed by atoms with Gasteiger partial charge in [-0.05, 0) is 45.0 Å². The predicted molar refractivity (Wildman–Crippen MR) is 151 cm³/mol. The average Bonchev–Trinajstić information content (AvgIpc) is 3.49. The fourth-order valence-electron chi connectivity index (χ4n) is 4.75. The van der Waals surface area contributed by atoms with Crippen molar-refractivity contribution in [2.45, 2.75) is 64.6 Å². The van der Waals surface area contributed by atoms with Crippen LogP contribution >= 0.6 is 7.75 Å². The highest BCUT2D eigenvalue weighted by atomic mass is 31.2. The lowest BCUT2D eigenvalue weighted by atomic mass is 9.92. The number of nitrogens with zero attached hydrogens (tertiary/aromatic N) is 3. The molecule has 43 heavy (non-hydrogen) atoms. The van der Waals surface area contributed by atoms with Gasteiger partial charge < -0.3 is 29.2 Å². The summed E-state index contributed by atoms with van der Waals surface area (Å²) in [6, 6.07) is 10.4. The van der Waals surface area contributed by atoms with Gasteiger partial charge in [0.15, 0.2) is 18.0 Å². The number of carbonyl (C=O) groups excluding carboxylic acids is 3. The van der Waals surface area contributed by atoms with E-state index in [0.717, 1.165) is 0 Å². The molecule has 3 aromatic rings. The Morgan fingerprint density at radius 3 is 2.49 bits per heavy atom. The molecule has 4 rings (SSSR count). The molecule has 2 aromatic heterocycles. The van der Waals surface area contributed by atoms with E-state index >= 15 is 0 Å². The first-order chi connectivity index (χ1) is 20.4. The summed E-state index contributed by atoms with van der Waals surface area (Å²) in [5.41, 5.74) is 5.41. The fourth-order valence-corrected chi connectivity index (χ4v) is 6.25. The number of nitrogen functional groups attached to an aromatic ring is 1. The number of esters is 3. The first-order valence-electron chi connectivity index (χ1n) is 13.4. The molecule has 1 aliphatic heterocycles. The largest absolute Gasteiger partial charge is 0.465 e. The highest BCUT2D eigenvalue weighted by Crippen LogP contribution is 2.48. The van der Waals surface area contributed by atoms with E-state index in [4.69, 9.17) is 33.7 Å². The van der Waals surface area contributed by atoms with Crippen LogP contribution in [0.2, 0.25) is 0 Å². The van der Waals surface area contributed by atoms with E-state index in [-0.39, 0.29) is 18.2 Å². The van der Waals surface area contributed by atoms with Crippen LogP contribution in [0, 0.1) is 0 Å². The van der Waals surface area contributed by atoms with Crippen molar-refractivity contribution in [3.05, 3.63) is 54.5 Å². The number of aromatic nitrogens is 3. The third-order valence-electron chi connectivity index (χ3n) is 6.56. The standard InChI is InChI=1S/C27H34N5O10P/c1-6-37-26(35)16(2)31-43(36,42-19-10-8-7-9-11-19)38-14-21-23(39-17(3)33)24(40-18(4)34)27(5,41-21)22-13-12-20-25(28)29-15-30-32(20)22/h7-13,15-16,21,23-24H,6,14H2,1-5H3,(H,31,36)(H2,28,29,30)/t16-,21+,23+,24+,27-,43-/m0/s1. The lowest BCUT2D eigenvalue weighted by Crippen LogP contribution is -2.45. The van der Waals surface area contributed by atoms with E-state index in [9.17, 15) is 18.9 Å². The van der Waals surface area contributed by atoms with Gasteiger partial charge in [0.25, 0.3) is 0 Å². The van der Waals surface area contributed by atoms with Gasteiger partial charge in [-0.15, -0.1) is 0 Å². The zero-order chi connectivity index (χ0) is 31.4. The second kappa shape index (κ2) is 13.1. The minimum atomic E-state index is -4.30. The van der Waals surface area contributed by atoms with Crippen LogP contribution in [0.15, 0.2) is 48.8 Å². The quantitative estimate of drug-likeness (QED) is 0.171. The van der Waals surface area contributed by atoms with Crippen molar-refractivity contribution in [2.75, 3.05) is 18.9 Å². The summed E-state index contributed by atoms with van der Waals surface area (Å²) in [4.78, 5) is 40.8. The number of para-hydroxylation sites is 1. The molecule has 0 amide bonds. The van der Waals surface area contributed by atoms with Crippen LogP contribution in [0.3, 0.4) is 0 Å². The Balaban J connectivity index is 1.69. The SMILES string of the molecule is CCOC(=O)[C@H](C)N[P@](=O)(OC[C@H]1O[C@@](C)(c2ccc3c(N)ncnn23)[C@H](OC(C)=O)[C@@H]1OC(C)=O)Oc1ccccc1. The number of carbonyl (C=O) groups is 3. The van der Waals surface area contributed by atoms with Gasteiger partial charge in [-0.25, -0.2) is 14.1 Å². The molecule has 1 aromatic carbocycles. The minimum absolute atomic E-state index is 0.108. The molecule has 0 saturated carbocycles. The molecule has 232 valence electrons. The molecule has 6 atom stereocenters. The zero-order valence-corrected chi connectivity index (χ0v) is 25.2. The van der Waals surface area contributed by atoms with Gasteiger partial charge in [0.2, 0.25) is 0 Å².